The smallest absolute Gasteiger partial charge is 0.319 e. The average Bonchev–Trinajstić information content (AvgIpc) is 3.54. The summed E-state index contributed by atoms with van der Waals surface area (Å²) in [7, 11) is 5.17. The first-order valence-corrected chi connectivity index (χ1v) is 12.3. The summed E-state index contributed by atoms with van der Waals surface area (Å²) >= 11 is 0. The number of methoxy groups -OCH3 is 1. The van der Waals surface area contributed by atoms with Gasteiger partial charge in [0.2, 0.25) is 0 Å². The summed E-state index contributed by atoms with van der Waals surface area (Å²) in [6.07, 6.45) is 5.07. The second kappa shape index (κ2) is 9.55. The van der Waals surface area contributed by atoms with E-state index in [1.54, 1.807) is 30.8 Å². The third-order valence-electron chi connectivity index (χ3n) is 7.30. The predicted octanol–water partition coefficient (Wildman–Crippen LogP) is 1.32. The van der Waals surface area contributed by atoms with Crippen molar-refractivity contribution in [3.63, 3.8) is 0 Å². The van der Waals surface area contributed by atoms with Gasteiger partial charge in [0, 0.05) is 53.1 Å². The molecule has 2 amide bonds. The van der Waals surface area contributed by atoms with Gasteiger partial charge in [0.15, 0.2) is 5.65 Å². The van der Waals surface area contributed by atoms with Crippen LogP contribution in [-0.4, -0.2) is 99.4 Å². The molecule has 0 spiro atoms. The SMILES string of the molecule is CO[C@H]1CCN(c2ccc(-n3ncc4c(=O)n(CC5(O)CCN(C(=O)N(C)C)CC5)cnc43)cc2)C1. The summed E-state index contributed by atoms with van der Waals surface area (Å²) in [5.74, 6) is 0. The van der Waals surface area contributed by atoms with Crippen LogP contribution < -0.4 is 10.5 Å². The van der Waals surface area contributed by atoms with Crippen LogP contribution >= 0.6 is 0 Å². The molecule has 1 aromatic carbocycles. The monoisotopic (exact) mass is 495 g/mol. The number of nitrogens with zero attached hydrogens (tertiary/aromatic N) is 7. The molecule has 5 rings (SSSR count). The molecule has 2 aliphatic heterocycles. The van der Waals surface area contributed by atoms with E-state index in [0.717, 1.165) is 30.9 Å². The molecule has 192 valence electrons. The van der Waals surface area contributed by atoms with Gasteiger partial charge >= 0.3 is 6.03 Å². The standard InChI is InChI=1S/C25H33N7O4/c1-28(2)24(34)29-12-9-25(35,10-13-29)16-31-17-26-22-21(23(31)33)14-27-32(22)19-6-4-18(5-7-19)30-11-8-20(15-30)36-3/h4-7,14,17,20,35H,8-13,15-16H2,1-3H3/t20-/m0/s1. The number of aromatic nitrogens is 4. The Morgan fingerprint density at radius 3 is 2.50 bits per heavy atom. The van der Waals surface area contributed by atoms with Crippen LogP contribution in [0.1, 0.15) is 19.3 Å². The summed E-state index contributed by atoms with van der Waals surface area (Å²) < 4.78 is 8.57. The van der Waals surface area contributed by atoms with Gasteiger partial charge in [0.1, 0.15) is 11.7 Å². The number of hydrogen-bond acceptors (Lipinski definition) is 7. The van der Waals surface area contributed by atoms with Crippen LogP contribution in [-0.2, 0) is 11.3 Å². The molecule has 0 aliphatic carbocycles. The Kier molecular flexibility index (Phi) is 6.44. The summed E-state index contributed by atoms with van der Waals surface area (Å²) in [5, 5.41) is 15.9. The van der Waals surface area contributed by atoms with Crippen molar-refractivity contribution in [3.8, 4) is 5.69 Å². The molecule has 0 bridgehead atoms. The van der Waals surface area contributed by atoms with Crippen molar-refractivity contribution in [2.45, 2.75) is 37.5 Å². The molecule has 2 saturated heterocycles. The van der Waals surface area contributed by atoms with E-state index in [0.29, 0.717) is 37.0 Å². The minimum atomic E-state index is -1.08. The minimum Gasteiger partial charge on any atom is -0.388 e. The largest absolute Gasteiger partial charge is 0.388 e. The molecule has 0 unspecified atom stereocenters. The molecule has 2 fully saturated rings. The number of fused-ring (bicyclic) bond motifs is 1. The second-order valence-corrected chi connectivity index (χ2v) is 9.97. The van der Waals surface area contributed by atoms with Crippen LogP contribution in [0, 0.1) is 0 Å². The maximum atomic E-state index is 13.2. The number of hydrogen-bond donors (Lipinski definition) is 1. The number of rotatable bonds is 5. The van der Waals surface area contributed by atoms with E-state index in [1.807, 2.05) is 24.3 Å². The van der Waals surface area contributed by atoms with E-state index in [1.165, 1.54) is 22.0 Å². The number of carbonyl (C=O) groups excluding carboxylic acids is 1. The summed E-state index contributed by atoms with van der Waals surface area (Å²) in [6, 6.07) is 7.97. The first-order chi connectivity index (χ1) is 17.3. The van der Waals surface area contributed by atoms with Crippen molar-refractivity contribution in [2.24, 2.45) is 0 Å². The molecule has 4 heterocycles. The lowest BCUT2D eigenvalue weighted by atomic mass is 9.91. The number of urea groups is 1. The van der Waals surface area contributed by atoms with Crippen LogP contribution in [0.4, 0.5) is 10.5 Å². The molecule has 2 aliphatic rings. The molecule has 36 heavy (non-hydrogen) atoms. The minimum absolute atomic E-state index is 0.0719. The Balaban J connectivity index is 1.32. The maximum absolute atomic E-state index is 13.2. The van der Waals surface area contributed by atoms with Gasteiger partial charge in [-0.15, -0.1) is 0 Å². The number of ether oxygens (including phenoxy) is 1. The summed E-state index contributed by atoms with van der Waals surface area (Å²) in [6.45, 7) is 2.83. The maximum Gasteiger partial charge on any atom is 0.319 e. The lowest BCUT2D eigenvalue weighted by molar-refractivity contribution is -0.0282. The van der Waals surface area contributed by atoms with Crippen LogP contribution in [0.3, 0.4) is 0 Å². The van der Waals surface area contributed by atoms with E-state index < -0.39 is 5.60 Å². The zero-order chi connectivity index (χ0) is 25.4. The fourth-order valence-corrected chi connectivity index (χ4v) is 5.08. The van der Waals surface area contributed by atoms with Crippen molar-refractivity contribution in [2.75, 3.05) is 52.3 Å². The van der Waals surface area contributed by atoms with Crippen molar-refractivity contribution in [3.05, 3.63) is 47.1 Å². The lowest BCUT2D eigenvalue weighted by Crippen LogP contribution is -2.51. The van der Waals surface area contributed by atoms with E-state index in [9.17, 15) is 14.7 Å². The molecule has 1 N–H and O–H groups in total. The number of amides is 2. The molecule has 11 nitrogen and oxygen atoms in total. The fourth-order valence-electron chi connectivity index (χ4n) is 5.08. The van der Waals surface area contributed by atoms with Gasteiger partial charge in [-0.05, 0) is 43.5 Å². The van der Waals surface area contributed by atoms with Crippen molar-refractivity contribution >= 4 is 22.8 Å². The van der Waals surface area contributed by atoms with Crippen molar-refractivity contribution < 1.29 is 14.6 Å². The molecular weight excluding hydrogens is 462 g/mol. The van der Waals surface area contributed by atoms with Gasteiger partial charge in [0.05, 0.1) is 30.1 Å². The number of likely N-dealkylation sites (tertiary alicyclic amines) is 1. The molecule has 11 heteroatoms. The quantitative estimate of drug-likeness (QED) is 0.569. The summed E-state index contributed by atoms with van der Waals surface area (Å²) in [5.41, 5.74) is 1.09. The molecule has 1 atom stereocenters. The first kappa shape index (κ1) is 24.3. The second-order valence-electron chi connectivity index (χ2n) is 9.97. The topological polar surface area (TPSA) is 109 Å². The van der Waals surface area contributed by atoms with Crippen molar-refractivity contribution in [1.29, 1.82) is 0 Å². The zero-order valence-corrected chi connectivity index (χ0v) is 21.0. The highest BCUT2D eigenvalue weighted by Crippen LogP contribution is 2.26. The highest BCUT2D eigenvalue weighted by Gasteiger charge is 2.35. The zero-order valence-electron chi connectivity index (χ0n) is 21.0. The number of piperidine rings is 1. The molecule has 3 aromatic rings. The third kappa shape index (κ3) is 4.56. The van der Waals surface area contributed by atoms with Crippen LogP contribution in [0.25, 0.3) is 16.7 Å². The van der Waals surface area contributed by atoms with Crippen molar-refractivity contribution in [1.82, 2.24) is 29.1 Å². The predicted molar refractivity (Wildman–Crippen MR) is 136 cm³/mol. The highest BCUT2D eigenvalue weighted by molar-refractivity contribution is 5.75. The average molecular weight is 496 g/mol. The van der Waals surface area contributed by atoms with Crippen LogP contribution in [0.5, 0.6) is 0 Å². The Hall–Kier alpha value is -3.44. The van der Waals surface area contributed by atoms with Crippen LogP contribution in [0.15, 0.2) is 41.6 Å². The Morgan fingerprint density at radius 1 is 1.17 bits per heavy atom. The van der Waals surface area contributed by atoms with Gasteiger partial charge < -0.3 is 24.5 Å². The lowest BCUT2D eigenvalue weighted by Gasteiger charge is -2.39. The fraction of sp³-hybridized carbons (Fsp3) is 0.520. The van der Waals surface area contributed by atoms with Gasteiger partial charge in [-0.25, -0.2) is 14.5 Å². The van der Waals surface area contributed by atoms with Gasteiger partial charge in [-0.1, -0.05) is 0 Å². The van der Waals surface area contributed by atoms with Crippen LogP contribution in [0.2, 0.25) is 0 Å². The summed E-state index contributed by atoms with van der Waals surface area (Å²) in [4.78, 5) is 35.4. The van der Waals surface area contributed by atoms with E-state index in [4.69, 9.17) is 4.74 Å². The van der Waals surface area contributed by atoms with E-state index >= 15 is 0 Å². The highest BCUT2D eigenvalue weighted by atomic mass is 16.5. The van der Waals surface area contributed by atoms with E-state index in [2.05, 4.69) is 15.0 Å². The Labute approximate surface area is 209 Å². The third-order valence-corrected chi connectivity index (χ3v) is 7.30. The first-order valence-electron chi connectivity index (χ1n) is 12.3. The Bertz CT molecular complexity index is 1290. The number of benzene rings is 1. The molecule has 0 radical (unpaired) electrons. The normalized spacial score (nSPS) is 19.7. The molecule has 0 saturated carbocycles. The van der Waals surface area contributed by atoms with E-state index in [-0.39, 0.29) is 24.2 Å². The number of aliphatic hydroxyl groups is 1. The Morgan fingerprint density at radius 2 is 1.86 bits per heavy atom. The number of carbonyl (C=O) groups is 1. The van der Waals surface area contributed by atoms with Gasteiger partial charge in [0.25, 0.3) is 5.56 Å². The molecule has 2 aromatic heterocycles. The molecular formula is C25H33N7O4. The number of anilines is 1. The van der Waals surface area contributed by atoms with Gasteiger partial charge in [-0.3, -0.25) is 9.36 Å². The van der Waals surface area contributed by atoms with Gasteiger partial charge in [-0.2, -0.15) is 5.10 Å².